The first-order valence-electron chi connectivity index (χ1n) is 5.82. The normalized spacial score (nSPS) is 9.95. The molecule has 0 aliphatic heterocycles. The molecule has 0 fully saturated rings. The monoisotopic (exact) mass is 270 g/mol. The Hall–Kier alpha value is -2.20. The average Bonchev–Trinajstić information content (AvgIpc) is 2.46. The maximum Gasteiger partial charge on any atom is 0.258 e. The van der Waals surface area contributed by atoms with Crippen molar-refractivity contribution in [2.45, 2.75) is 0 Å². The number of hydrogen-bond acceptors (Lipinski definition) is 2. The molecule has 0 bridgehead atoms. The van der Waals surface area contributed by atoms with Gasteiger partial charge in [-0.15, -0.1) is 0 Å². The van der Waals surface area contributed by atoms with Gasteiger partial charge in [-0.25, -0.2) is 0 Å². The topological polar surface area (TPSA) is 46.3 Å². The van der Waals surface area contributed by atoms with Gasteiger partial charge in [-0.05, 0) is 24.3 Å². The summed E-state index contributed by atoms with van der Waals surface area (Å²) in [6, 6.07) is 16.5. The second-order valence-corrected chi connectivity index (χ2v) is 4.58. The van der Waals surface area contributed by atoms with Crippen molar-refractivity contribution in [1.82, 2.24) is 0 Å². The van der Waals surface area contributed by atoms with E-state index in [4.69, 9.17) is 18.0 Å². The molecule has 2 aromatic rings. The zero-order chi connectivity index (χ0) is 13.8. The van der Waals surface area contributed by atoms with Crippen molar-refractivity contribution >= 4 is 28.8 Å². The lowest BCUT2D eigenvalue weighted by Gasteiger charge is -2.17. The van der Waals surface area contributed by atoms with Crippen LogP contribution in [0.3, 0.4) is 0 Å². The third kappa shape index (κ3) is 2.98. The van der Waals surface area contributed by atoms with Gasteiger partial charge in [0.05, 0.1) is 0 Å². The lowest BCUT2D eigenvalue weighted by atomic mass is 10.1. The van der Waals surface area contributed by atoms with Crippen molar-refractivity contribution in [1.29, 1.82) is 0 Å². The Morgan fingerprint density at radius 1 is 1.00 bits per heavy atom. The number of hydrogen-bond donors (Lipinski definition) is 1. The van der Waals surface area contributed by atoms with Crippen LogP contribution in [0.1, 0.15) is 15.9 Å². The van der Waals surface area contributed by atoms with E-state index >= 15 is 0 Å². The zero-order valence-corrected chi connectivity index (χ0v) is 11.4. The van der Waals surface area contributed by atoms with Gasteiger partial charge in [0.2, 0.25) is 0 Å². The van der Waals surface area contributed by atoms with E-state index in [1.54, 1.807) is 36.2 Å². The highest BCUT2D eigenvalue weighted by Gasteiger charge is 2.13. The van der Waals surface area contributed by atoms with E-state index in [-0.39, 0.29) is 5.91 Å². The Morgan fingerprint density at radius 2 is 1.53 bits per heavy atom. The Kier molecular flexibility index (Phi) is 3.92. The minimum Gasteiger partial charge on any atom is -0.389 e. The molecule has 0 aliphatic rings. The summed E-state index contributed by atoms with van der Waals surface area (Å²) in [5.74, 6) is -0.0688. The molecule has 0 unspecified atom stereocenters. The van der Waals surface area contributed by atoms with Crippen molar-refractivity contribution in [3.63, 3.8) is 0 Å². The van der Waals surface area contributed by atoms with E-state index in [0.29, 0.717) is 10.6 Å². The molecular weight excluding hydrogens is 256 g/mol. The zero-order valence-electron chi connectivity index (χ0n) is 10.5. The highest BCUT2D eigenvalue weighted by Crippen LogP contribution is 2.15. The minimum atomic E-state index is -0.0688. The summed E-state index contributed by atoms with van der Waals surface area (Å²) in [6.45, 7) is 0. The first-order valence-corrected chi connectivity index (χ1v) is 6.23. The summed E-state index contributed by atoms with van der Waals surface area (Å²) in [5, 5.41) is 0. The lowest BCUT2D eigenvalue weighted by Crippen LogP contribution is -2.26. The molecule has 0 spiro atoms. The van der Waals surface area contributed by atoms with Gasteiger partial charge >= 0.3 is 0 Å². The van der Waals surface area contributed by atoms with Crippen LogP contribution in [0.25, 0.3) is 0 Å². The average molecular weight is 270 g/mol. The van der Waals surface area contributed by atoms with E-state index in [2.05, 4.69) is 0 Å². The number of amides is 1. The molecule has 0 aliphatic carbocycles. The summed E-state index contributed by atoms with van der Waals surface area (Å²) in [5.41, 5.74) is 7.74. The van der Waals surface area contributed by atoms with Crippen LogP contribution in [0.15, 0.2) is 54.6 Å². The van der Waals surface area contributed by atoms with Gasteiger partial charge in [0, 0.05) is 23.9 Å². The molecular formula is C15H14N2OS. The molecule has 0 aromatic heterocycles. The molecule has 0 radical (unpaired) electrons. The van der Waals surface area contributed by atoms with Crippen LogP contribution >= 0.6 is 12.2 Å². The Balaban J connectivity index is 2.22. The summed E-state index contributed by atoms with van der Waals surface area (Å²) >= 11 is 4.88. The van der Waals surface area contributed by atoms with Crippen LogP contribution in [0.5, 0.6) is 0 Å². The molecule has 3 nitrogen and oxygen atoms in total. The van der Waals surface area contributed by atoms with Crippen LogP contribution in [0, 0.1) is 0 Å². The Bertz CT molecular complexity index is 593. The molecule has 19 heavy (non-hydrogen) atoms. The first kappa shape index (κ1) is 13.2. The van der Waals surface area contributed by atoms with Gasteiger partial charge in [-0.3, -0.25) is 4.79 Å². The third-order valence-corrected chi connectivity index (χ3v) is 3.10. The van der Waals surface area contributed by atoms with Crippen LogP contribution < -0.4 is 10.6 Å². The number of para-hydroxylation sites is 1. The van der Waals surface area contributed by atoms with Gasteiger partial charge in [-0.2, -0.15) is 0 Å². The van der Waals surface area contributed by atoms with Crippen molar-refractivity contribution in [3.05, 3.63) is 65.7 Å². The fourth-order valence-corrected chi connectivity index (χ4v) is 1.88. The fraction of sp³-hybridized carbons (Fsp3) is 0.0667. The highest BCUT2D eigenvalue weighted by atomic mass is 32.1. The molecule has 0 heterocycles. The van der Waals surface area contributed by atoms with E-state index in [1.807, 2.05) is 30.3 Å². The summed E-state index contributed by atoms with van der Waals surface area (Å²) in [4.78, 5) is 14.2. The van der Waals surface area contributed by atoms with Crippen molar-refractivity contribution in [3.8, 4) is 0 Å². The van der Waals surface area contributed by atoms with Crippen LogP contribution in [-0.4, -0.2) is 17.9 Å². The van der Waals surface area contributed by atoms with Crippen LogP contribution in [0.4, 0.5) is 5.69 Å². The molecule has 1 amide bonds. The summed E-state index contributed by atoms with van der Waals surface area (Å²) in [6.07, 6.45) is 0. The number of thiocarbonyl (C=S) groups is 1. The minimum absolute atomic E-state index is 0.0688. The van der Waals surface area contributed by atoms with E-state index in [9.17, 15) is 4.79 Å². The van der Waals surface area contributed by atoms with Crippen molar-refractivity contribution in [2.75, 3.05) is 11.9 Å². The maximum absolute atomic E-state index is 12.3. The molecule has 0 atom stereocenters. The molecule has 2 N–H and O–H groups in total. The highest BCUT2D eigenvalue weighted by molar-refractivity contribution is 7.80. The number of nitrogens with two attached hydrogens (primary N) is 1. The molecule has 2 aromatic carbocycles. The standard InChI is InChI=1S/C15H14N2OS/c1-17(13-5-3-2-4-6-13)15(18)12-9-7-11(8-10-12)14(16)19/h2-10H,1H3,(H2,16,19). The van der Waals surface area contributed by atoms with Crippen LogP contribution in [0.2, 0.25) is 0 Å². The first-order chi connectivity index (χ1) is 9.09. The van der Waals surface area contributed by atoms with Gasteiger partial charge in [0.1, 0.15) is 4.99 Å². The largest absolute Gasteiger partial charge is 0.389 e. The van der Waals surface area contributed by atoms with E-state index in [0.717, 1.165) is 11.3 Å². The second kappa shape index (κ2) is 5.63. The predicted octanol–water partition coefficient (Wildman–Crippen LogP) is 2.60. The molecule has 96 valence electrons. The van der Waals surface area contributed by atoms with Crippen LogP contribution in [-0.2, 0) is 0 Å². The number of carbonyl (C=O) groups is 1. The van der Waals surface area contributed by atoms with Crippen molar-refractivity contribution in [2.24, 2.45) is 5.73 Å². The van der Waals surface area contributed by atoms with Crippen molar-refractivity contribution < 1.29 is 4.79 Å². The number of benzene rings is 2. The van der Waals surface area contributed by atoms with Gasteiger partial charge in [0.15, 0.2) is 0 Å². The second-order valence-electron chi connectivity index (χ2n) is 4.14. The molecule has 0 saturated heterocycles. The predicted molar refractivity (Wildman–Crippen MR) is 81.5 cm³/mol. The van der Waals surface area contributed by atoms with Gasteiger partial charge in [-0.1, -0.05) is 42.5 Å². The fourth-order valence-electron chi connectivity index (χ4n) is 1.74. The molecule has 0 saturated carbocycles. The lowest BCUT2D eigenvalue weighted by molar-refractivity contribution is 0.0993. The number of nitrogens with zero attached hydrogens (tertiary/aromatic N) is 1. The number of anilines is 1. The summed E-state index contributed by atoms with van der Waals surface area (Å²) in [7, 11) is 1.75. The van der Waals surface area contributed by atoms with Gasteiger partial charge < -0.3 is 10.6 Å². The smallest absolute Gasteiger partial charge is 0.258 e. The third-order valence-electron chi connectivity index (χ3n) is 2.86. The number of rotatable bonds is 3. The quantitative estimate of drug-likeness (QED) is 0.872. The van der Waals surface area contributed by atoms with Gasteiger partial charge in [0.25, 0.3) is 5.91 Å². The maximum atomic E-state index is 12.3. The number of carbonyl (C=O) groups excluding carboxylic acids is 1. The molecule has 4 heteroatoms. The van der Waals surface area contributed by atoms with E-state index in [1.165, 1.54) is 0 Å². The molecule has 2 rings (SSSR count). The summed E-state index contributed by atoms with van der Waals surface area (Å²) < 4.78 is 0. The Labute approximate surface area is 117 Å². The SMILES string of the molecule is CN(C(=O)c1ccc(C(N)=S)cc1)c1ccccc1. The van der Waals surface area contributed by atoms with E-state index < -0.39 is 0 Å². The Morgan fingerprint density at radius 3 is 2.05 bits per heavy atom.